The standard InChI is InChI=1S/C13H19FN2O2S/c1-10(13-4-2-3-9-15-13)16-19(17,18)12-7-5-11(14)6-8-12/h5-8,10,13,15-16H,2-4,9H2,1H3. The van der Waals surface area contributed by atoms with Crippen LogP contribution < -0.4 is 10.0 Å². The van der Waals surface area contributed by atoms with Crippen LogP contribution in [-0.4, -0.2) is 27.0 Å². The topological polar surface area (TPSA) is 58.2 Å². The summed E-state index contributed by atoms with van der Waals surface area (Å²) in [5.41, 5.74) is 0. The Morgan fingerprint density at radius 2 is 2.00 bits per heavy atom. The molecule has 1 aromatic rings. The first-order valence-corrected chi connectivity index (χ1v) is 7.98. The third kappa shape index (κ3) is 3.75. The number of hydrogen-bond donors (Lipinski definition) is 2. The van der Waals surface area contributed by atoms with E-state index in [1.165, 1.54) is 12.1 Å². The van der Waals surface area contributed by atoms with Crippen LogP contribution >= 0.6 is 0 Å². The summed E-state index contributed by atoms with van der Waals surface area (Å²) < 4.78 is 39.7. The van der Waals surface area contributed by atoms with E-state index in [1.807, 2.05) is 6.92 Å². The van der Waals surface area contributed by atoms with Crippen LogP contribution in [0.25, 0.3) is 0 Å². The highest BCUT2D eigenvalue weighted by Crippen LogP contribution is 2.14. The van der Waals surface area contributed by atoms with E-state index in [0.29, 0.717) is 0 Å². The third-order valence-corrected chi connectivity index (χ3v) is 4.99. The highest BCUT2D eigenvalue weighted by Gasteiger charge is 2.24. The molecular formula is C13H19FN2O2S. The van der Waals surface area contributed by atoms with Crippen molar-refractivity contribution in [3.8, 4) is 0 Å². The van der Waals surface area contributed by atoms with Gasteiger partial charge in [0.05, 0.1) is 4.90 Å². The molecule has 19 heavy (non-hydrogen) atoms. The Kier molecular flexibility index (Phi) is 4.54. The third-order valence-electron chi connectivity index (χ3n) is 3.42. The van der Waals surface area contributed by atoms with Gasteiger partial charge in [0.25, 0.3) is 0 Å². The molecule has 0 radical (unpaired) electrons. The Labute approximate surface area is 113 Å². The molecule has 1 heterocycles. The van der Waals surface area contributed by atoms with Gasteiger partial charge in [0, 0.05) is 12.1 Å². The van der Waals surface area contributed by atoms with Gasteiger partial charge in [0.2, 0.25) is 10.0 Å². The Balaban J connectivity index is 2.05. The Morgan fingerprint density at radius 1 is 1.32 bits per heavy atom. The minimum Gasteiger partial charge on any atom is -0.312 e. The van der Waals surface area contributed by atoms with Crippen molar-refractivity contribution < 1.29 is 12.8 Å². The zero-order valence-corrected chi connectivity index (χ0v) is 11.7. The van der Waals surface area contributed by atoms with Crippen molar-refractivity contribution in [3.05, 3.63) is 30.1 Å². The lowest BCUT2D eigenvalue weighted by atomic mass is 10.00. The summed E-state index contributed by atoms with van der Waals surface area (Å²) in [4.78, 5) is 0.0940. The summed E-state index contributed by atoms with van der Waals surface area (Å²) in [6.07, 6.45) is 3.21. The van der Waals surface area contributed by atoms with E-state index in [2.05, 4.69) is 10.0 Å². The maximum atomic E-state index is 12.8. The second-order valence-corrected chi connectivity index (χ2v) is 6.63. The fraction of sp³-hybridized carbons (Fsp3) is 0.538. The lowest BCUT2D eigenvalue weighted by molar-refractivity contribution is 0.347. The van der Waals surface area contributed by atoms with Crippen LogP contribution in [0.3, 0.4) is 0 Å². The molecule has 2 atom stereocenters. The lowest BCUT2D eigenvalue weighted by Gasteiger charge is -2.29. The summed E-state index contributed by atoms with van der Waals surface area (Å²) in [6, 6.07) is 4.83. The van der Waals surface area contributed by atoms with Gasteiger partial charge < -0.3 is 5.32 Å². The number of hydrogen-bond acceptors (Lipinski definition) is 3. The van der Waals surface area contributed by atoms with E-state index < -0.39 is 15.8 Å². The van der Waals surface area contributed by atoms with Gasteiger partial charge in [-0.3, -0.25) is 0 Å². The van der Waals surface area contributed by atoms with Gasteiger partial charge in [-0.2, -0.15) is 0 Å². The van der Waals surface area contributed by atoms with Gasteiger partial charge in [-0.15, -0.1) is 0 Å². The summed E-state index contributed by atoms with van der Waals surface area (Å²) in [5, 5.41) is 3.32. The summed E-state index contributed by atoms with van der Waals surface area (Å²) >= 11 is 0. The van der Waals surface area contributed by atoms with Gasteiger partial charge >= 0.3 is 0 Å². The summed E-state index contributed by atoms with van der Waals surface area (Å²) in [6.45, 7) is 2.78. The average molecular weight is 286 g/mol. The molecule has 106 valence electrons. The molecule has 0 bridgehead atoms. The first kappa shape index (κ1) is 14.4. The SMILES string of the molecule is CC(NS(=O)(=O)c1ccc(F)cc1)C1CCCCN1. The van der Waals surface area contributed by atoms with Crippen LogP contribution in [-0.2, 0) is 10.0 Å². The summed E-state index contributed by atoms with van der Waals surface area (Å²) in [7, 11) is -3.58. The summed E-state index contributed by atoms with van der Waals surface area (Å²) in [5.74, 6) is -0.444. The molecule has 0 amide bonds. The molecule has 4 nitrogen and oxygen atoms in total. The lowest BCUT2D eigenvalue weighted by Crippen LogP contribution is -2.50. The average Bonchev–Trinajstić information content (AvgIpc) is 2.40. The molecule has 2 rings (SSSR count). The fourth-order valence-corrected chi connectivity index (χ4v) is 3.60. The number of rotatable bonds is 4. The molecule has 2 unspecified atom stereocenters. The van der Waals surface area contributed by atoms with Crippen molar-refractivity contribution in [2.45, 2.75) is 43.2 Å². The van der Waals surface area contributed by atoms with Crippen molar-refractivity contribution >= 4 is 10.0 Å². The van der Waals surface area contributed by atoms with E-state index >= 15 is 0 Å². The first-order chi connectivity index (χ1) is 8.99. The second-order valence-electron chi connectivity index (χ2n) is 4.92. The van der Waals surface area contributed by atoms with E-state index in [-0.39, 0.29) is 17.0 Å². The van der Waals surface area contributed by atoms with Crippen molar-refractivity contribution in [2.75, 3.05) is 6.54 Å². The molecule has 1 aliphatic rings. The maximum absolute atomic E-state index is 12.8. The molecule has 2 N–H and O–H groups in total. The predicted molar refractivity (Wildman–Crippen MR) is 71.8 cm³/mol. The smallest absolute Gasteiger partial charge is 0.240 e. The first-order valence-electron chi connectivity index (χ1n) is 6.50. The molecule has 1 aromatic carbocycles. The zero-order chi connectivity index (χ0) is 13.9. The van der Waals surface area contributed by atoms with E-state index in [1.54, 1.807) is 0 Å². The van der Waals surface area contributed by atoms with Gasteiger partial charge in [-0.25, -0.2) is 17.5 Å². The molecule has 1 fully saturated rings. The van der Waals surface area contributed by atoms with Crippen LogP contribution in [0.2, 0.25) is 0 Å². The highest BCUT2D eigenvalue weighted by molar-refractivity contribution is 7.89. The largest absolute Gasteiger partial charge is 0.312 e. The number of halogens is 1. The van der Waals surface area contributed by atoms with E-state index in [4.69, 9.17) is 0 Å². The number of piperidine rings is 1. The quantitative estimate of drug-likeness (QED) is 0.884. The molecule has 1 aliphatic heterocycles. The van der Waals surface area contributed by atoms with E-state index in [0.717, 1.165) is 37.9 Å². The Bertz CT molecular complexity index is 510. The van der Waals surface area contributed by atoms with Crippen molar-refractivity contribution in [2.24, 2.45) is 0 Å². The highest BCUT2D eigenvalue weighted by atomic mass is 32.2. The molecular weight excluding hydrogens is 267 g/mol. The number of benzene rings is 1. The molecule has 0 saturated carbocycles. The van der Waals surface area contributed by atoms with Crippen LogP contribution in [0, 0.1) is 5.82 Å². The maximum Gasteiger partial charge on any atom is 0.240 e. The molecule has 0 aromatic heterocycles. The van der Waals surface area contributed by atoms with Gasteiger partial charge in [-0.1, -0.05) is 6.42 Å². The van der Waals surface area contributed by atoms with Gasteiger partial charge in [0.1, 0.15) is 5.82 Å². The van der Waals surface area contributed by atoms with Crippen LogP contribution in [0.4, 0.5) is 4.39 Å². The van der Waals surface area contributed by atoms with Crippen molar-refractivity contribution in [1.29, 1.82) is 0 Å². The minimum atomic E-state index is -3.58. The molecule has 1 saturated heterocycles. The van der Waals surface area contributed by atoms with Gasteiger partial charge in [0.15, 0.2) is 0 Å². The van der Waals surface area contributed by atoms with Crippen LogP contribution in [0.1, 0.15) is 26.2 Å². The Morgan fingerprint density at radius 3 is 2.58 bits per heavy atom. The fourth-order valence-electron chi connectivity index (χ4n) is 2.31. The second kappa shape index (κ2) is 5.98. The number of sulfonamides is 1. The minimum absolute atomic E-state index is 0.0940. The molecule has 0 aliphatic carbocycles. The van der Waals surface area contributed by atoms with Crippen LogP contribution in [0.5, 0.6) is 0 Å². The Hall–Kier alpha value is -0.980. The van der Waals surface area contributed by atoms with E-state index in [9.17, 15) is 12.8 Å². The van der Waals surface area contributed by atoms with Gasteiger partial charge in [-0.05, 0) is 50.6 Å². The normalized spacial score (nSPS) is 22.1. The number of nitrogens with one attached hydrogen (secondary N) is 2. The monoisotopic (exact) mass is 286 g/mol. The molecule has 0 spiro atoms. The van der Waals surface area contributed by atoms with Crippen molar-refractivity contribution in [3.63, 3.8) is 0 Å². The van der Waals surface area contributed by atoms with Crippen LogP contribution in [0.15, 0.2) is 29.2 Å². The molecule has 6 heteroatoms. The van der Waals surface area contributed by atoms with Crippen molar-refractivity contribution in [1.82, 2.24) is 10.0 Å². The predicted octanol–water partition coefficient (Wildman–Crippen LogP) is 1.63. The zero-order valence-electron chi connectivity index (χ0n) is 10.9.